The lowest BCUT2D eigenvalue weighted by Gasteiger charge is -2.20. The van der Waals surface area contributed by atoms with Crippen LogP contribution in [0.5, 0.6) is 0 Å². The van der Waals surface area contributed by atoms with Crippen LogP contribution in [0.25, 0.3) is 0 Å². The molecule has 106 valence electrons. The Labute approximate surface area is 118 Å². The molecule has 8 heteroatoms. The highest BCUT2D eigenvalue weighted by atomic mass is 32.1. The lowest BCUT2D eigenvalue weighted by molar-refractivity contribution is -0.145. The van der Waals surface area contributed by atoms with E-state index in [9.17, 15) is 14.7 Å². The van der Waals surface area contributed by atoms with Gasteiger partial charge in [0.15, 0.2) is 0 Å². The molecule has 2 aliphatic rings. The van der Waals surface area contributed by atoms with Crippen molar-refractivity contribution in [1.29, 1.82) is 0 Å². The third-order valence-electron chi connectivity index (χ3n) is 3.49. The van der Waals surface area contributed by atoms with Crippen molar-refractivity contribution in [2.45, 2.75) is 25.6 Å². The quantitative estimate of drug-likeness (QED) is 0.793. The van der Waals surface area contributed by atoms with E-state index in [1.165, 1.54) is 11.3 Å². The maximum atomic E-state index is 12.3. The van der Waals surface area contributed by atoms with Gasteiger partial charge >= 0.3 is 5.97 Å². The molecule has 1 aromatic heterocycles. The predicted molar refractivity (Wildman–Crippen MR) is 70.3 cm³/mol. The highest BCUT2D eigenvalue weighted by Gasteiger charge is 2.53. The van der Waals surface area contributed by atoms with E-state index in [0.717, 1.165) is 11.4 Å². The minimum Gasteiger partial charge on any atom is -0.481 e. The number of ether oxygens (including phenoxy) is 1. The highest BCUT2D eigenvalue weighted by Crippen LogP contribution is 2.39. The molecule has 3 rings (SSSR count). The van der Waals surface area contributed by atoms with E-state index in [-0.39, 0.29) is 5.91 Å². The van der Waals surface area contributed by atoms with Crippen molar-refractivity contribution in [2.24, 2.45) is 11.8 Å². The van der Waals surface area contributed by atoms with Crippen LogP contribution < -0.4 is 5.32 Å². The van der Waals surface area contributed by atoms with Crippen LogP contribution in [0, 0.1) is 11.8 Å². The standard InChI is InChI=1S/C12H13N3O4S/c1-2-7-14-15-12(20-7)13-10(16)8-5-3-4-6(19-5)9(8)11(17)18/h3-6,8-9H,2H2,1H3,(H,17,18)(H,13,15,16)/t5-,6-,8-,9-/m0/s1. The smallest absolute Gasteiger partial charge is 0.310 e. The summed E-state index contributed by atoms with van der Waals surface area (Å²) in [6.07, 6.45) is 3.19. The summed E-state index contributed by atoms with van der Waals surface area (Å²) in [5, 5.41) is 20.9. The number of aromatic nitrogens is 2. The molecule has 3 heterocycles. The molecular weight excluding hydrogens is 282 g/mol. The van der Waals surface area contributed by atoms with Crippen LogP contribution in [0.4, 0.5) is 5.13 Å². The fraction of sp³-hybridized carbons (Fsp3) is 0.500. The largest absolute Gasteiger partial charge is 0.481 e. The maximum absolute atomic E-state index is 12.3. The van der Waals surface area contributed by atoms with E-state index >= 15 is 0 Å². The van der Waals surface area contributed by atoms with E-state index in [4.69, 9.17) is 4.74 Å². The van der Waals surface area contributed by atoms with Gasteiger partial charge in [-0.25, -0.2) is 0 Å². The van der Waals surface area contributed by atoms with Gasteiger partial charge in [-0.2, -0.15) is 0 Å². The zero-order chi connectivity index (χ0) is 14.3. The molecule has 2 aliphatic heterocycles. The molecule has 1 amide bonds. The molecule has 1 aromatic rings. The van der Waals surface area contributed by atoms with E-state index in [2.05, 4.69) is 15.5 Å². The molecule has 0 aromatic carbocycles. The van der Waals surface area contributed by atoms with Crippen LogP contribution in [0.1, 0.15) is 11.9 Å². The van der Waals surface area contributed by atoms with E-state index in [1.54, 1.807) is 12.2 Å². The second-order valence-electron chi connectivity index (χ2n) is 4.68. The Morgan fingerprint density at radius 1 is 1.35 bits per heavy atom. The first-order chi connectivity index (χ1) is 9.60. The lowest BCUT2D eigenvalue weighted by atomic mass is 9.82. The van der Waals surface area contributed by atoms with Gasteiger partial charge in [0.2, 0.25) is 11.0 Å². The molecule has 7 nitrogen and oxygen atoms in total. The van der Waals surface area contributed by atoms with Gasteiger partial charge in [-0.15, -0.1) is 10.2 Å². The Morgan fingerprint density at radius 2 is 2.05 bits per heavy atom. The zero-order valence-electron chi connectivity index (χ0n) is 10.6. The Balaban J connectivity index is 1.76. The van der Waals surface area contributed by atoms with E-state index in [0.29, 0.717) is 5.13 Å². The molecule has 0 spiro atoms. The number of nitrogens with zero attached hydrogens (tertiary/aromatic N) is 2. The minimum atomic E-state index is -1.02. The number of carbonyl (C=O) groups excluding carboxylic acids is 1. The molecular formula is C12H13N3O4S. The fourth-order valence-corrected chi connectivity index (χ4v) is 3.23. The summed E-state index contributed by atoms with van der Waals surface area (Å²) >= 11 is 1.29. The molecule has 1 saturated heterocycles. The van der Waals surface area contributed by atoms with Gasteiger partial charge in [0.05, 0.1) is 18.1 Å². The van der Waals surface area contributed by atoms with Gasteiger partial charge in [-0.1, -0.05) is 30.4 Å². The Bertz CT molecular complexity index is 585. The van der Waals surface area contributed by atoms with Crippen molar-refractivity contribution in [3.8, 4) is 0 Å². The Kier molecular flexibility index (Phi) is 3.27. The number of nitrogens with one attached hydrogen (secondary N) is 1. The lowest BCUT2D eigenvalue weighted by Crippen LogP contribution is -2.39. The molecule has 0 aliphatic carbocycles. The first kappa shape index (κ1) is 13.2. The van der Waals surface area contributed by atoms with Crippen LogP contribution >= 0.6 is 11.3 Å². The molecule has 2 N–H and O–H groups in total. The Hall–Kier alpha value is -1.80. The summed E-state index contributed by atoms with van der Waals surface area (Å²) in [4.78, 5) is 23.6. The van der Waals surface area contributed by atoms with Gasteiger partial charge in [-0.05, 0) is 6.42 Å². The number of carboxylic acids is 1. The van der Waals surface area contributed by atoms with Gasteiger partial charge in [-0.3, -0.25) is 9.59 Å². The van der Waals surface area contributed by atoms with Crippen LogP contribution in [0.15, 0.2) is 12.2 Å². The SMILES string of the molecule is CCc1nnc(NC(=O)[C@@H]2[C@@H](C(=O)O)[C@@H]3C=C[C@@H]2O3)s1. The number of hydrogen-bond acceptors (Lipinski definition) is 6. The first-order valence-corrected chi connectivity index (χ1v) is 7.11. The van der Waals surface area contributed by atoms with E-state index in [1.807, 2.05) is 6.92 Å². The van der Waals surface area contributed by atoms with Crippen molar-refractivity contribution in [3.63, 3.8) is 0 Å². The van der Waals surface area contributed by atoms with Crippen molar-refractivity contribution >= 4 is 28.3 Å². The summed E-state index contributed by atoms with van der Waals surface area (Å²) in [5.41, 5.74) is 0. The normalized spacial score (nSPS) is 30.6. The molecule has 2 bridgehead atoms. The molecule has 4 atom stereocenters. The molecule has 20 heavy (non-hydrogen) atoms. The number of aliphatic carboxylic acids is 1. The average Bonchev–Trinajstić information content (AvgIpc) is 3.12. The second-order valence-corrected chi connectivity index (χ2v) is 5.75. The van der Waals surface area contributed by atoms with Crippen molar-refractivity contribution in [3.05, 3.63) is 17.2 Å². The average molecular weight is 295 g/mol. The second kappa shape index (κ2) is 4.95. The van der Waals surface area contributed by atoms with Crippen LogP contribution in [0.3, 0.4) is 0 Å². The summed E-state index contributed by atoms with van der Waals surface area (Å²) in [6.45, 7) is 1.95. The molecule has 0 unspecified atom stereocenters. The third kappa shape index (κ3) is 2.10. The van der Waals surface area contributed by atoms with Crippen LogP contribution in [-0.4, -0.2) is 39.4 Å². The van der Waals surface area contributed by atoms with Crippen LogP contribution in [0.2, 0.25) is 0 Å². The predicted octanol–water partition coefficient (Wildman–Crippen LogP) is 0.693. The molecule has 0 saturated carbocycles. The van der Waals surface area contributed by atoms with Gasteiger partial charge in [0, 0.05) is 0 Å². The number of fused-ring (bicyclic) bond motifs is 2. The first-order valence-electron chi connectivity index (χ1n) is 6.30. The highest BCUT2D eigenvalue weighted by molar-refractivity contribution is 7.15. The Morgan fingerprint density at radius 3 is 2.65 bits per heavy atom. The zero-order valence-corrected chi connectivity index (χ0v) is 11.5. The monoisotopic (exact) mass is 295 g/mol. The van der Waals surface area contributed by atoms with Gasteiger partial charge < -0.3 is 15.2 Å². The number of aryl methyl sites for hydroxylation is 1. The molecule has 0 radical (unpaired) electrons. The number of anilines is 1. The summed E-state index contributed by atoms with van der Waals surface area (Å²) in [7, 11) is 0. The van der Waals surface area contributed by atoms with Crippen molar-refractivity contribution in [2.75, 3.05) is 5.32 Å². The summed E-state index contributed by atoms with van der Waals surface area (Å²) in [6, 6.07) is 0. The molecule has 1 fully saturated rings. The summed E-state index contributed by atoms with van der Waals surface area (Å²) in [5.74, 6) is -2.97. The van der Waals surface area contributed by atoms with Crippen LogP contribution in [-0.2, 0) is 20.7 Å². The summed E-state index contributed by atoms with van der Waals surface area (Å²) < 4.78 is 5.46. The number of amides is 1. The number of carboxylic acid groups (broad SMARTS) is 1. The topological polar surface area (TPSA) is 101 Å². The number of hydrogen-bond donors (Lipinski definition) is 2. The maximum Gasteiger partial charge on any atom is 0.310 e. The van der Waals surface area contributed by atoms with Gasteiger partial charge in [0.25, 0.3) is 0 Å². The minimum absolute atomic E-state index is 0.381. The number of rotatable bonds is 4. The number of carbonyl (C=O) groups is 2. The van der Waals surface area contributed by atoms with Crippen molar-refractivity contribution < 1.29 is 19.4 Å². The van der Waals surface area contributed by atoms with Crippen molar-refractivity contribution in [1.82, 2.24) is 10.2 Å². The van der Waals surface area contributed by atoms with Gasteiger partial charge in [0.1, 0.15) is 10.9 Å². The van der Waals surface area contributed by atoms with E-state index < -0.39 is 30.0 Å². The fourth-order valence-electron chi connectivity index (χ4n) is 2.55. The third-order valence-corrected chi connectivity index (χ3v) is 4.47.